The Morgan fingerprint density at radius 3 is 2.19 bits per heavy atom. The zero-order valence-electron chi connectivity index (χ0n) is 16.6. The van der Waals surface area contributed by atoms with Gasteiger partial charge in [-0.25, -0.2) is 4.79 Å². The quantitative estimate of drug-likeness (QED) is 0.270. The number of carboxylic acid groups (broad SMARTS) is 1. The molecule has 1 aromatic carbocycles. The highest BCUT2D eigenvalue weighted by atomic mass is 16.4. The Balaban J connectivity index is 2.18. The van der Waals surface area contributed by atoms with Gasteiger partial charge in [-0.15, -0.1) is 0 Å². The number of unbranched alkanes of at least 4 members (excludes halogenated alkanes) is 9. The van der Waals surface area contributed by atoms with E-state index in [0.29, 0.717) is 5.56 Å². The molecule has 0 aromatic heterocycles. The fraction of sp³-hybridized carbons (Fsp3) is 0.458. The van der Waals surface area contributed by atoms with Crippen molar-refractivity contribution >= 4 is 12.0 Å². The summed E-state index contributed by atoms with van der Waals surface area (Å²) in [5, 5.41) is 18.8. The molecule has 2 N–H and O–H groups in total. The molecule has 0 fully saturated rings. The van der Waals surface area contributed by atoms with Crippen LogP contribution in [0.3, 0.4) is 0 Å². The van der Waals surface area contributed by atoms with Gasteiger partial charge in [0.2, 0.25) is 0 Å². The summed E-state index contributed by atoms with van der Waals surface area (Å²) < 4.78 is 0. The van der Waals surface area contributed by atoms with Crippen molar-refractivity contribution in [3.8, 4) is 5.75 Å². The predicted molar refractivity (Wildman–Crippen MR) is 114 cm³/mol. The van der Waals surface area contributed by atoms with E-state index < -0.39 is 5.97 Å². The van der Waals surface area contributed by atoms with Crippen LogP contribution in [0.2, 0.25) is 0 Å². The molecular formula is C24H34O3. The molecule has 27 heavy (non-hydrogen) atoms. The lowest BCUT2D eigenvalue weighted by atomic mass is 10.1. The van der Waals surface area contributed by atoms with Crippen LogP contribution in [-0.2, 0) is 0 Å². The standard InChI is InChI=1S/C24H34O3/c1-2-3-4-5-6-7-8-9-10-11-12-13-14-15-16-18-21-19-17-20-22(25)23(21)24(26)27/h12-20,25H,2-11H2,1H3,(H,26,27). The molecule has 3 heteroatoms. The highest BCUT2D eigenvalue weighted by molar-refractivity contribution is 5.95. The van der Waals surface area contributed by atoms with E-state index in [-0.39, 0.29) is 11.3 Å². The second kappa shape index (κ2) is 14.8. The summed E-state index contributed by atoms with van der Waals surface area (Å²) in [6.07, 6.45) is 24.7. The molecule has 0 heterocycles. The number of carboxylic acids is 1. The summed E-state index contributed by atoms with van der Waals surface area (Å²) in [5.41, 5.74) is 0.425. The molecule has 0 spiro atoms. The predicted octanol–water partition coefficient (Wildman–Crippen LogP) is 7.14. The number of phenols is 1. The van der Waals surface area contributed by atoms with Crippen LogP contribution in [0.15, 0.2) is 48.6 Å². The Hall–Kier alpha value is -2.29. The van der Waals surface area contributed by atoms with Crippen LogP contribution in [0.1, 0.15) is 87.1 Å². The number of aromatic hydroxyl groups is 1. The van der Waals surface area contributed by atoms with Crippen molar-refractivity contribution in [2.45, 2.75) is 71.1 Å². The van der Waals surface area contributed by atoms with E-state index in [0.717, 1.165) is 6.42 Å². The third-order valence-electron chi connectivity index (χ3n) is 4.51. The molecule has 0 aliphatic carbocycles. The van der Waals surface area contributed by atoms with Crippen LogP contribution in [0, 0.1) is 0 Å². The van der Waals surface area contributed by atoms with Crippen LogP contribution in [-0.4, -0.2) is 16.2 Å². The minimum atomic E-state index is -1.13. The van der Waals surface area contributed by atoms with Gasteiger partial charge in [-0.05, 0) is 24.5 Å². The van der Waals surface area contributed by atoms with Crippen molar-refractivity contribution in [3.63, 3.8) is 0 Å². The van der Waals surface area contributed by atoms with Gasteiger partial charge in [-0.1, -0.05) is 107 Å². The van der Waals surface area contributed by atoms with Crippen molar-refractivity contribution in [2.24, 2.45) is 0 Å². The molecule has 1 rings (SSSR count). The number of carbonyl (C=O) groups is 1. The van der Waals surface area contributed by atoms with E-state index in [2.05, 4.69) is 13.0 Å². The second-order valence-corrected chi connectivity index (χ2v) is 6.84. The smallest absolute Gasteiger partial charge is 0.340 e. The van der Waals surface area contributed by atoms with Gasteiger partial charge in [0.1, 0.15) is 11.3 Å². The number of rotatable bonds is 14. The van der Waals surface area contributed by atoms with Crippen LogP contribution < -0.4 is 0 Å². The van der Waals surface area contributed by atoms with Crippen LogP contribution >= 0.6 is 0 Å². The van der Waals surface area contributed by atoms with E-state index in [4.69, 9.17) is 5.11 Å². The van der Waals surface area contributed by atoms with E-state index in [1.54, 1.807) is 24.3 Å². The number of allylic oxidation sites excluding steroid dienone is 5. The molecule has 0 saturated heterocycles. The van der Waals surface area contributed by atoms with Crippen molar-refractivity contribution < 1.29 is 15.0 Å². The lowest BCUT2D eigenvalue weighted by molar-refractivity contribution is 0.0693. The van der Waals surface area contributed by atoms with Gasteiger partial charge >= 0.3 is 5.97 Å². The summed E-state index contributed by atoms with van der Waals surface area (Å²) >= 11 is 0. The Morgan fingerprint density at radius 2 is 1.52 bits per heavy atom. The van der Waals surface area contributed by atoms with Gasteiger partial charge in [0.25, 0.3) is 0 Å². The molecule has 0 saturated carbocycles. The first kappa shape index (κ1) is 22.8. The summed E-state index contributed by atoms with van der Waals surface area (Å²) in [4.78, 5) is 11.2. The summed E-state index contributed by atoms with van der Waals surface area (Å²) in [7, 11) is 0. The first-order valence-electron chi connectivity index (χ1n) is 10.2. The Bertz CT molecular complexity index is 627. The second-order valence-electron chi connectivity index (χ2n) is 6.84. The minimum absolute atomic E-state index is 0.0666. The highest BCUT2D eigenvalue weighted by Gasteiger charge is 2.12. The van der Waals surface area contributed by atoms with Crippen molar-refractivity contribution in [1.82, 2.24) is 0 Å². The molecule has 0 unspecified atom stereocenters. The maximum absolute atomic E-state index is 11.2. The van der Waals surface area contributed by atoms with Gasteiger partial charge in [0.05, 0.1) is 0 Å². The number of hydrogen-bond acceptors (Lipinski definition) is 2. The Morgan fingerprint density at radius 1 is 0.889 bits per heavy atom. The van der Waals surface area contributed by atoms with Gasteiger partial charge in [-0.2, -0.15) is 0 Å². The average molecular weight is 371 g/mol. The van der Waals surface area contributed by atoms with E-state index in [1.165, 1.54) is 63.9 Å². The molecule has 148 valence electrons. The number of benzene rings is 1. The fourth-order valence-electron chi connectivity index (χ4n) is 2.96. The minimum Gasteiger partial charge on any atom is -0.507 e. The zero-order valence-corrected chi connectivity index (χ0v) is 16.6. The highest BCUT2D eigenvalue weighted by Crippen LogP contribution is 2.22. The maximum atomic E-state index is 11.2. The van der Waals surface area contributed by atoms with Crippen LogP contribution in [0.4, 0.5) is 0 Å². The van der Waals surface area contributed by atoms with Crippen LogP contribution in [0.25, 0.3) is 6.08 Å². The summed E-state index contributed by atoms with van der Waals surface area (Å²) in [6.45, 7) is 2.25. The van der Waals surface area contributed by atoms with E-state index in [9.17, 15) is 9.90 Å². The van der Waals surface area contributed by atoms with E-state index in [1.807, 2.05) is 18.2 Å². The molecule has 3 nitrogen and oxygen atoms in total. The SMILES string of the molecule is CCCCCCCCCCCC=CC=CC=Cc1cccc(O)c1C(=O)O. The Kier molecular flexibility index (Phi) is 12.5. The average Bonchev–Trinajstić information content (AvgIpc) is 2.64. The molecule has 1 aromatic rings. The third-order valence-corrected chi connectivity index (χ3v) is 4.51. The monoisotopic (exact) mass is 370 g/mol. The lowest BCUT2D eigenvalue weighted by Crippen LogP contribution is -1.99. The summed E-state index contributed by atoms with van der Waals surface area (Å²) in [6, 6.07) is 4.69. The normalized spacial score (nSPS) is 11.9. The van der Waals surface area contributed by atoms with Crippen molar-refractivity contribution in [3.05, 3.63) is 59.7 Å². The third kappa shape index (κ3) is 10.4. The molecule has 0 atom stereocenters. The van der Waals surface area contributed by atoms with Crippen molar-refractivity contribution in [2.75, 3.05) is 0 Å². The first-order chi connectivity index (χ1) is 13.2. The van der Waals surface area contributed by atoms with Crippen LogP contribution in [0.5, 0.6) is 5.75 Å². The molecule has 0 radical (unpaired) electrons. The van der Waals surface area contributed by atoms with Gasteiger partial charge in [0, 0.05) is 0 Å². The number of hydrogen-bond donors (Lipinski definition) is 2. The fourth-order valence-corrected chi connectivity index (χ4v) is 2.96. The largest absolute Gasteiger partial charge is 0.507 e. The van der Waals surface area contributed by atoms with Gasteiger partial charge in [-0.3, -0.25) is 0 Å². The van der Waals surface area contributed by atoms with Crippen molar-refractivity contribution in [1.29, 1.82) is 0 Å². The van der Waals surface area contributed by atoms with Gasteiger partial charge in [0.15, 0.2) is 0 Å². The van der Waals surface area contributed by atoms with E-state index >= 15 is 0 Å². The number of aromatic carboxylic acids is 1. The Labute approximate surface area is 164 Å². The molecule has 0 aliphatic rings. The molecule has 0 bridgehead atoms. The molecule has 0 aliphatic heterocycles. The topological polar surface area (TPSA) is 57.5 Å². The zero-order chi connectivity index (χ0) is 19.7. The molecule has 0 amide bonds. The molecular weight excluding hydrogens is 336 g/mol. The lowest BCUT2D eigenvalue weighted by Gasteiger charge is -2.02. The maximum Gasteiger partial charge on any atom is 0.340 e. The first-order valence-corrected chi connectivity index (χ1v) is 10.2. The van der Waals surface area contributed by atoms with Gasteiger partial charge < -0.3 is 10.2 Å². The summed E-state index contributed by atoms with van der Waals surface area (Å²) in [5.74, 6) is -1.34.